The molecular formula is C13H15N3O3S. The first-order valence-electron chi connectivity index (χ1n) is 6.23. The first-order valence-corrected chi connectivity index (χ1v) is 7.67. The summed E-state index contributed by atoms with van der Waals surface area (Å²) in [5.74, 6) is -0.148. The Morgan fingerprint density at radius 1 is 1.35 bits per heavy atom. The summed E-state index contributed by atoms with van der Waals surface area (Å²) in [5, 5.41) is 11.5. The van der Waals surface area contributed by atoms with Crippen molar-refractivity contribution in [2.75, 3.05) is 19.6 Å². The number of nitriles is 1. The summed E-state index contributed by atoms with van der Waals surface area (Å²) in [7, 11) is -3.68. The van der Waals surface area contributed by atoms with Crippen LogP contribution in [0.4, 0.5) is 0 Å². The molecule has 0 saturated carbocycles. The van der Waals surface area contributed by atoms with E-state index < -0.39 is 10.0 Å². The molecule has 1 amide bonds. The predicted molar refractivity (Wildman–Crippen MR) is 72.3 cm³/mol. The fourth-order valence-electron chi connectivity index (χ4n) is 2.07. The van der Waals surface area contributed by atoms with Crippen molar-refractivity contribution in [3.05, 3.63) is 29.3 Å². The van der Waals surface area contributed by atoms with Crippen molar-refractivity contribution >= 4 is 15.9 Å². The first-order chi connectivity index (χ1) is 9.45. The molecule has 7 heteroatoms. The quantitative estimate of drug-likeness (QED) is 0.853. The van der Waals surface area contributed by atoms with Crippen molar-refractivity contribution in [1.82, 2.24) is 9.62 Å². The summed E-state index contributed by atoms with van der Waals surface area (Å²) in [6.45, 7) is 2.39. The van der Waals surface area contributed by atoms with E-state index in [0.29, 0.717) is 17.7 Å². The second kappa shape index (κ2) is 5.61. The van der Waals surface area contributed by atoms with Crippen LogP contribution in [0, 0.1) is 18.3 Å². The van der Waals surface area contributed by atoms with Crippen molar-refractivity contribution < 1.29 is 13.2 Å². The number of amides is 1. The second-order valence-corrected chi connectivity index (χ2v) is 6.50. The summed E-state index contributed by atoms with van der Waals surface area (Å²) in [6, 6.07) is 6.52. The molecule has 0 atom stereocenters. The first kappa shape index (κ1) is 14.5. The minimum atomic E-state index is -3.68. The van der Waals surface area contributed by atoms with Crippen LogP contribution in [-0.2, 0) is 14.8 Å². The van der Waals surface area contributed by atoms with Crippen LogP contribution in [0.15, 0.2) is 23.1 Å². The highest BCUT2D eigenvalue weighted by atomic mass is 32.2. The minimum absolute atomic E-state index is 0.130. The molecule has 1 saturated heterocycles. The van der Waals surface area contributed by atoms with Crippen LogP contribution < -0.4 is 5.32 Å². The van der Waals surface area contributed by atoms with Crippen LogP contribution in [0.25, 0.3) is 0 Å². The van der Waals surface area contributed by atoms with Gasteiger partial charge in [0.15, 0.2) is 0 Å². The molecule has 0 radical (unpaired) electrons. The topological polar surface area (TPSA) is 90.3 Å². The van der Waals surface area contributed by atoms with E-state index in [0.717, 1.165) is 0 Å². The highest BCUT2D eigenvalue weighted by Crippen LogP contribution is 2.21. The van der Waals surface area contributed by atoms with Crippen molar-refractivity contribution in [2.45, 2.75) is 18.2 Å². The minimum Gasteiger partial charge on any atom is -0.355 e. The van der Waals surface area contributed by atoms with Gasteiger partial charge in [-0.1, -0.05) is 6.07 Å². The maximum atomic E-state index is 12.6. The Bertz CT molecular complexity index is 677. The third-order valence-electron chi connectivity index (χ3n) is 3.21. The highest BCUT2D eigenvalue weighted by Gasteiger charge is 2.28. The molecule has 0 aliphatic carbocycles. The van der Waals surface area contributed by atoms with Gasteiger partial charge in [-0.2, -0.15) is 9.57 Å². The number of carbonyl (C=O) groups is 1. The zero-order valence-electron chi connectivity index (χ0n) is 11.1. The number of carbonyl (C=O) groups excluding carboxylic acids is 1. The number of aryl methyl sites for hydroxylation is 1. The molecule has 0 bridgehead atoms. The van der Waals surface area contributed by atoms with Gasteiger partial charge in [-0.25, -0.2) is 8.42 Å². The summed E-state index contributed by atoms with van der Waals surface area (Å²) < 4.78 is 26.5. The maximum absolute atomic E-state index is 12.6. The van der Waals surface area contributed by atoms with Gasteiger partial charge in [0, 0.05) is 26.1 Å². The van der Waals surface area contributed by atoms with E-state index in [9.17, 15) is 13.2 Å². The number of hydrogen-bond donors (Lipinski definition) is 1. The van der Waals surface area contributed by atoms with Gasteiger partial charge in [0.05, 0.1) is 16.5 Å². The van der Waals surface area contributed by atoms with E-state index in [1.807, 2.05) is 6.07 Å². The molecule has 2 rings (SSSR count). The fraction of sp³-hybridized carbons (Fsp3) is 0.385. The Balaban J connectivity index is 2.39. The van der Waals surface area contributed by atoms with Crippen molar-refractivity contribution in [1.29, 1.82) is 5.26 Å². The maximum Gasteiger partial charge on any atom is 0.243 e. The van der Waals surface area contributed by atoms with E-state index in [1.165, 1.54) is 10.4 Å². The SMILES string of the molecule is Cc1ccc(C#N)cc1S(=O)(=O)N1CCNC(=O)CC1. The lowest BCUT2D eigenvalue weighted by atomic mass is 10.2. The van der Waals surface area contributed by atoms with Crippen molar-refractivity contribution in [2.24, 2.45) is 0 Å². The third-order valence-corrected chi connectivity index (χ3v) is 5.25. The molecule has 20 heavy (non-hydrogen) atoms. The normalized spacial score (nSPS) is 17.1. The van der Waals surface area contributed by atoms with Crippen LogP contribution in [0.5, 0.6) is 0 Å². The molecule has 1 aromatic carbocycles. The lowest BCUT2D eigenvalue weighted by Crippen LogP contribution is -2.34. The summed E-state index contributed by atoms with van der Waals surface area (Å²) in [4.78, 5) is 11.4. The highest BCUT2D eigenvalue weighted by molar-refractivity contribution is 7.89. The van der Waals surface area contributed by atoms with Gasteiger partial charge in [0.2, 0.25) is 15.9 Å². The number of nitrogens with zero attached hydrogens (tertiary/aromatic N) is 2. The number of benzene rings is 1. The molecule has 1 aromatic rings. The van der Waals surface area contributed by atoms with Gasteiger partial charge < -0.3 is 5.32 Å². The van der Waals surface area contributed by atoms with Gasteiger partial charge in [-0.15, -0.1) is 0 Å². The number of rotatable bonds is 2. The standard InChI is InChI=1S/C13H15N3O3S/c1-10-2-3-11(9-14)8-12(10)20(18,19)16-6-4-13(17)15-5-7-16/h2-3,8H,4-7H2,1H3,(H,15,17). The van der Waals surface area contributed by atoms with Crippen LogP contribution in [0.3, 0.4) is 0 Å². The number of sulfonamides is 1. The molecule has 1 heterocycles. The molecule has 6 nitrogen and oxygen atoms in total. The van der Waals surface area contributed by atoms with Crippen LogP contribution in [0.1, 0.15) is 17.5 Å². The van der Waals surface area contributed by atoms with Crippen molar-refractivity contribution in [3.63, 3.8) is 0 Å². The second-order valence-electron chi connectivity index (χ2n) is 4.60. The molecule has 0 spiro atoms. The number of hydrogen-bond acceptors (Lipinski definition) is 4. The summed E-state index contributed by atoms with van der Waals surface area (Å²) in [5.41, 5.74) is 0.894. The Labute approximate surface area is 118 Å². The van der Waals surface area contributed by atoms with E-state index in [2.05, 4.69) is 5.32 Å². The van der Waals surface area contributed by atoms with E-state index in [4.69, 9.17) is 5.26 Å². The van der Waals surface area contributed by atoms with E-state index in [1.54, 1.807) is 19.1 Å². The number of nitrogens with one attached hydrogen (secondary N) is 1. The monoisotopic (exact) mass is 293 g/mol. The average molecular weight is 293 g/mol. The van der Waals surface area contributed by atoms with Gasteiger partial charge >= 0.3 is 0 Å². The van der Waals surface area contributed by atoms with Gasteiger partial charge in [0.1, 0.15) is 0 Å². The summed E-state index contributed by atoms with van der Waals surface area (Å²) in [6.07, 6.45) is 0.149. The van der Waals surface area contributed by atoms with E-state index in [-0.39, 0.29) is 30.3 Å². The summed E-state index contributed by atoms with van der Waals surface area (Å²) >= 11 is 0. The molecule has 1 fully saturated rings. The molecule has 0 unspecified atom stereocenters. The van der Waals surface area contributed by atoms with Crippen LogP contribution in [-0.4, -0.2) is 38.3 Å². The molecule has 1 aliphatic rings. The smallest absolute Gasteiger partial charge is 0.243 e. The van der Waals surface area contributed by atoms with E-state index >= 15 is 0 Å². The van der Waals surface area contributed by atoms with Crippen LogP contribution >= 0.6 is 0 Å². The van der Waals surface area contributed by atoms with Gasteiger partial charge in [0.25, 0.3) is 0 Å². The zero-order valence-corrected chi connectivity index (χ0v) is 11.9. The van der Waals surface area contributed by atoms with Crippen molar-refractivity contribution in [3.8, 4) is 6.07 Å². The lowest BCUT2D eigenvalue weighted by molar-refractivity contribution is -0.120. The third kappa shape index (κ3) is 2.81. The Hall–Kier alpha value is -1.91. The Morgan fingerprint density at radius 3 is 2.80 bits per heavy atom. The average Bonchev–Trinajstić information content (AvgIpc) is 2.64. The van der Waals surface area contributed by atoms with Crippen LogP contribution in [0.2, 0.25) is 0 Å². The zero-order chi connectivity index (χ0) is 14.8. The molecular weight excluding hydrogens is 278 g/mol. The van der Waals surface area contributed by atoms with Gasteiger partial charge in [-0.3, -0.25) is 4.79 Å². The predicted octanol–water partition coefficient (Wildman–Crippen LogP) is 0.377. The molecule has 0 aromatic heterocycles. The fourth-order valence-corrected chi connectivity index (χ4v) is 3.77. The molecule has 106 valence electrons. The molecule has 1 N–H and O–H groups in total. The largest absolute Gasteiger partial charge is 0.355 e. The molecule has 1 aliphatic heterocycles. The lowest BCUT2D eigenvalue weighted by Gasteiger charge is -2.20. The Kier molecular flexibility index (Phi) is 4.06. The van der Waals surface area contributed by atoms with Gasteiger partial charge in [-0.05, 0) is 24.6 Å². The Morgan fingerprint density at radius 2 is 2.10 bits per heavy atom.